The van der Waals surface area contributed by atoms with Crippen molar-refractivity contribution in [3.63, 3.8) is 0 Å². The maximum Gasteiger partial charge on any atom is 0.209 e. The van der Waals surface area contributed by atoms with Gasteiger partial charge in [0.25, 0.3) is 0 Å². The van der Waals surface area contributed by atoms with Crippen LogP contribution >= 0.6 is 0 Å². The number of fused-ring (bicyclic) bond motifs is 1. The van der Waals surface area contributed by atoms with Crippen molar-refractivity contribution in [3.05, 3.63) is 78.9 Å². The van der Waals surface area contributed by atoms with Crippen molar-refractivity contribution >= 4 is 15.4 Å². The Morgan fingerprint density at radius 1 is 0.897 bits per heavy atom. The van der Waals surface area contributed by atoms with Gasteiger partial charge < -0.3 is 13.9 Å². The van der Waals surface area contributed by atoms with Crippen LogP contribution < -0.4 is 9.47 Å². The lowest BCUT2D eigenvalue weighted by molar-refractivity contribution is 0.355. The van der Waals surface area contributed by atoms with Gasteiger partial charge >= 0.3 is 0 Å². The van der Waals surface area contributed by atoms with E-state index in [1.807, 2.05) is 6.07 Å². The largest absolute Gasteiger partial charge is 0.493 e. The average Bonchev–Trinajstić information content (AvgIpc) is 3.14. The third-order valence-corrected chi connectivity index (χ3v) is 6.58. The van der Waals surface area contributed by atoms with E-state index in [-0.39, 0.29) is 9.79 Å². The number of hydrogen-bond acceptors (Lipinski definition) is 4. The highest BCUT2D eigenvalue weighted by atomic mass is 32.2. The number of rotatable bonds is 5. The van der Waals surface area contributed by atoms with Gasteiger partial charge in [0.1, 0.15) is 10.7 Å². The first-order valence-corrected chi connectivity index (χ1v) is 10.3. The molecule has 0 saturated heterocycles. The fourth-order valence-electron chi connectivity index (χ4n) is 3.32. The normalized spacial score (nSPS) is 11.6. The van der Waals surface area contributed by atoms with Gasteiger partial charge in [-0.25, -0.2) is 12.8 Å². The second-order valence-electron chi connectivity index (χ2n) is 6.39. The smallest absolute Gasteiger partial charge is 0.209 e. The molecule has 148 valence electrons. The molecular weight excluding hydrogens is 393 g/mol. The van der Waals surface area contributed by atoms with E-state index in [0.29, 0.717) is 28.1 Å². The van der Waals surface area contributed by atoms with E-state index in [4.69, 9.17) is 9.47 Å². The van der Waals surface area contributed by atoms with E-state index in [1.54, 1.807) is 47.1 Å². The Hall–Kier alpha value is -3.32. The Morgan fingerprint density at radius 3 is 2.31 bits per heavy atom. The van der Waals surface area contributed by atoms with Crippen LogP contribution in [0.2, 0.25) is 0 Å². The minimum atomic E-state index is -3.91. The summed E-state index contributed by atoms with van der Waals surface area (Å²) in [6, 6.07) is 15.4. The number of ether oxygens (including phenoxy) is 2. The maximum atomic E-state index is 13.5. The molecule has 0 N–H and O–H groups in total. The van der Waals surface area contributed by atoms with Crippen LogP contribution in [0.3, 0.4) is 0 Å². The third kappa shape index (κ3) is 3.23. The molecule has 0 unspecified atom stereocenters. The summed E-state index contributed by atoms with van der Waals surface area (Å²) in [6.07, 6.45) is 3.54. The van der Waals surface area contributed by atoms with E-state index < -0.39 is 15.7 Å². The van der Waals surface area contributed by atoms with Crippen LogP contribution in [0.5, 0.6) is 11.5 Å². The van der Waals surface area contributed by atoms with Gasteiger partial charge in [-0.2, -0.15) is 0 Å². The van der Waals surface area contributed by atoms with Crippen molar-refractivity contribution in [1.82, 2.24) is 4.40 Å². The molecule has 5 nitrogen and oxygen atoms in total. The van der Waals surface area contributed by atoms with Crippen LogP contribution in [0.4, 0.5) is 4.39 Å². The van der Waals surface area contributed by atoms with Gasteiger partial charge in [0, 0.05) is 18.0 Å². The van der Waals surface area contributed by atoms with Crippen molar-refractivity contribution in [2.45, 2.75) is 9.79 Å². The van der Waals surface area contributed by atoms with Crippen molar-refractivity contribution in [2.24, 2.45) is 0 Å². The predicted molar refractivity (Wildman–Crippen MR) is 108 cm³/mol. The number of hydrogen-bond donors (Lipinski definition) is 0. The predicted octanol–water partition coefficient (Wildman–Crippen LogP) is 4.60. The molecule has 2 heterocycles. The molecule has 0 aliphatic carbocycles. The standard InChI is InChI=1S/C22H18FNO4S/c1-27-20-11-6-15(13-21(20)28-2)18-14-24-12-4-3-5-19(24)22(18)29(25,26)17-9-7-16(23)8-10-17/h3-14H,1-2H3. The van der Waals surface area contributed by atoms with Gasteiger partial charge in [-0.15, -0.1) is 0 Å². The molecule has 0 saturated carbocycles. The second-order valence-corrected chi connectivity index (χ2v) is 8.28. The topological polar surface area (TPSA) is 57.0 Å². The van der Waals surface area contributed by atoms with Crippen LogP contribution in [0.1, 0.15) is 0 Å². The zero-order valence-electron chi connectivity index (χ0n) is 15.8. The number of sulfone groups is 1. The summed E-state index contributed by atoms with van der Waals surface area (Å²) in [6.45, 7) is 0. The summed E-state index contributed by atoms with van der Waals surface area (Å²) < 4.78 is 52.8. The lowest BCUT2D eigenvalue weighted by Gasteiger charge is -2.11. The maximum absolute atomic E-state index is 13.5. The molecule has 4 aromatic rings. The van der Waals surface area contributed by atoms with Gasteiger partial charge in [0.05, 0.1) is 24.6 Å². The summed E-state index contributed by atoms with van der Waals surface area (Å²) in [7, 11) is -0.854. The van der Waals surface area contributed by atoms with Crippen LogP contribution in [0.15, 0.2) is 82.8 Å². The Morgan fingerprint density at radius 2 is 1.62 bits per heavy atom. The summed E-state index contributed by atoms with van der Waals surface area (Å²) in [4.78, 5) is 0.175. The van der Waals surface area contributed by atoms with Crippen LogP contribution in [-0.4, -0.2) is 27.0 Å². The fraction of sp³-hybridized carbons (Fsp3) is 0.0909. The van der Waals surface area contributed by atoms with E-state index in [9.17, 15) is 12.8 Å². The lowest BCUT2D eigenvalue weighted by Crippen LogP contribution is -2.03. The molecular formula is C22H18FNO4S. The van der Waals surface area contributed by atoms with E-state index >= 15 is 0 Å². The highest BCUT2D eigenvalue weighted by Gasteiger charge is 2.27. The molecule has 0 fully saturated rings. The average molecular weight is 411 g/mol. The molecule has 0 atom stereocenters. The molecule has 29 heavy (non-hydrogen) atoms. The Bertz CT molecular complexity index is 1290. The molecule has 0 spiro atoms. The first kappa shape index (κ1) is 19.0. The number of halogens is 1. The van der Waals surface area contributed by atoms with E-state index in [2.05, 4.69) is 0 Å². The van der Waals surface area contributed by atoms with Gasteiger partial charge in [0.2, 0.25) is 9.84 Å². The minimum absolute atomic E-state index is 0.0255. The summed E-state index contributed by atoms with van der Waals surface area (Å²) >= 11 is 0. The first-order chi connectivity index (χ1) is 14.0. The molecule has 2 aromatic heterocycles. The first-order valence-electron chi connectivity index (χ1n) is 8.78. The second kappa shape index (κ2) is 7.25. The SMILES string of the molecule is COc1ccc(-c2cn3ccccc3c2S(=O)(=O)c2ccc(F)cc2)cc1OC. The Balaban J connectivity index is 2.01. The Labute approximate surface area is 167 Å². The molecule has 2 aromatic carbocycles. The van der Waals surface area contributed by atoms with Crippen LogP contribution in [0, 0.1) is 5.82 Å². The summed E-state index contributed by atoms with van der Waals surface area (Å²) in [5.41, 5.74) is 1.70. The van der Waals surface area contributed by atoms with Gasteiger partial charge in [-0.3, -0.25) is 0 Å². The van der Waals surface area contributed by atoms with Crippen molar-refractivity contribution < 1.29 is 22.3 Å². The third-order valence-electron chi connectivity index (χ3n) is 4.72. The van der Waals surface area contributed by atoms with Crippen molar-refractivity contribution in [1.29, 1.82) is 0 Å². The zero-order chi connectivity index (χ0) is 20.6. The van der Waals surface area contributed by atoms with Gasteiger partial charge in [-0.05, 0) is 54.1 Å². The number of benzene rings is 2. The number of pyridine rings is 1. The fourth-order valence-corrected chi connectivity index (χ4v) is 4.96. The lowest BCUT2D eigenvalue weighted by atomic mass is 10.1. The van der Waals surface area contributed by atoms with Gasteiger partial charge in [-0.1, -0.05) is 12.1 Å². The van der Waals surface area contributed by atoms with Gasteiger partial charge in [0.15, 0.2) is 11.5 Å². The summed E-state index contributed by atoms with van der Waals surface area (Å²) in [5, 5.41) is 0. The monoisotopic (exact) mass is 411 g/mol. The molecule has 0 aliphatic rings. The number of methoxy groups -OCH3 is 2. The van der Waals surface area contributed by atoms with E-state index in [0.717, 1.165) is 12.1 Å². The Kier molecular flexibility index (Phi) is 4.76. The minimum Gasteiger partial charge on any atom is -0.493 e. The summed E-state index contributed by atoms with van der Waals surface area (Å²) in [5.74, 6) is 0.541. The highest BCUT2D eigenvalue weighted by Crippen LogP contribution is 2.39. The van der Waals surface area contributed by atoms with Crippen molar-refractivity contribution in [2.75, 3.05) is 14.2 Å². The zero-order valence-corrected chi connectivity index (χ0v) is 16.6. The highest BCUT2D eigenvalue weighted by molar-refractivity contribution is 7.91. The van der Waals surface area contributed by atoms with Crippen molar-refractivity contribution in [3.8, 4) is 22.6 Å². The number of nitrogens with zero attached hydrogens (tertiary/aromatic N) is 1. The molecule has 7 heteroatoms. The molecule has 0 amide bonds. The molecule has 0 radical (unpaired) electrons. The number of aromatic nitrogens is 1. The molecule has 4 rings (SSSR count). The quantitative estimate of drug-likeness (QED) is 0.451. The van der Waals surface area contributed by atoms with Crippen LogP contribution in [-0.2, 0) is 9.84 Å². The van der Waals surface area contributed by atoms with Crippen LogP contribution in [0.25, 0.3) is 16.6 Å². The van der Waals surface area contributed by atoms with E-state index in [1.165, 1.54) is 26.4 Å². The molecule has 0 aliphatic heterocycles. The molecule has 0 bridgehead atoms.